The van der Waals surface area contributed by atoms with E-state index >= 15 is 8.78 Å². The van der Waals surface area contributed by atoms with Gasteiger partial charge in [0.2, 0.25) is 0 Å². The molecule has 43 heavy (non-hydrogen) atoms. The number of rotatable bonds is 8. The predicted molar refractivity (Wildman–Crippen MR) is 156 cm³/mol. The summed E-state index contributed by atoms with van der Waals surface area (Å²) < 4.78 is 51.8. The van der Waals surface area contributed by atoms with Crippen molar-refractivity contribution in [3.63, 3.8) is 0 Å². The highest BCUT2D eigenvalue weighted by Gasteiger charge is 2.79. The van der Waals surface area contributed by atoms with Crippen molar-refractivity contribution in [2.45, 2.75) is 95.4 Å². The average Bonchev–Trinajstić information content (AvgIpc) is 3.44. The van der Waals surface area contributed by atoms with E-state index in [1.165, 1.54) is 18.2 Å². The Morgan fingerprint density at radius 1 is 1.19 bits per heavy atom. The molecule has 1 saturated heterocycles. The molecule has 0 spiro atoms. The third-order valence-corrected chi connectivity index (χ3v) is 11.4. The van der Waals surface area contributed by atoms with Crippen molar-refractivity contribution in [3.05, 3.63) is 53.6 Å². The number of carbonyl (C=O) groups is 2. The van der Waals surface area contributed by atoms with Crippen LogP contribution in [0.5, 0.6) is 5.75 Å². The Hall–Kier alpha value is -2.46. The number of hydrogen-bond donors (Lipinski definition) is 1. The molecule has 1 aliphatic heterocycles. The third kappa shape index (κ3) is 4.25. The van der Waals surface area contributed by atoms with Crippen LogP contribution in [0.1, 0.15) is 58.4 Å². The van der Waals surface area contributed by atoms with Gasteiger partial charge in [0.05, 0.1) is 25.9 Å². The van der Waals surface area contributed by atoms with Crippen LogP contribution in [0.15, 0.2) is 48.1 Å². The van der Waals surface area contributed by atoms with Gasteiger partial charge in [-0.05, 0) is 81.0 Å². The summed E-state index contributed by atoms with van der Waals surface area (Å²) in [6.07, 6.45) is 1.13. The first-order valence-electron chi connectivity index (χ1n) is 15.5. The second-order valence-electron chi connectivity index (χ2n) is 13.7. The summed E-state index contributed by atoms with van der Waals surface area (Å²) in [4.78, 5) is 28.6. The lowest BCUT2D eigenvalue weighted by molar-refractivity contribution is -0.234. The molecule has 3 saturated carbocycles. The topological polar surface area (TPSA) is 85.3 Å². The molecule has 1 N–H and O–H groups in total. The van der Waals surface area contributed by atoms with Gasteiger partial charge in [0.15, 0.2) is 29.1 Å². The van der Waals surface area contributed by atoms with Crippen LogP contribution in [0.2, 0.25) is 0 Å². The number of carbonyl (C=O) groups excluding carboxylic acids is 2. The molecule has 0 aromatic heterocycles. The van der Waals surface area contributed by atoms with Gasteiger partial charge >= 0.3 is 0 Å². The zero-order valence-electron chi connectivity index (χ0n) is 25.6. The van der Waals surface area contributed by atoms with E-state index in [0.717, 1.165) is 17.7 Å². The van der Waals surface area contributed by atoms with Gasteiger partial charge in [-0.25, -0.2) is 8.78 Å². The van der Waals surface area contributed by atoms with Crippen LogP contribution in [0.3, 0.4) is 0 Å². The number of methoxy groups -OCH3 is 1. The van der Waals surface area contributed by atoms with Crippen LogP contribution < -0.4 is 4.74 Å². The minimum absolute atomic E-state index is 0.0427. The van der Waals surface area contributed by atoms with E-state index in [-0.39, 0.29) is 36.5 Å². The molecule has 6 rings (SSSR count). The Kier molecular flexibility index (Phi) is 7.51. The fourth-order valence-corrected chi connectivity index (χ4v) is 9.35. The first kappa shape index (κ1) is 30.6. The normalized spacial score (nSPS) is 43.1. The molecule has 1 heterocycles. The number of nitrogens with zero attached hydrogens (tertiary/aromatic N) is 1. The van der Waals surface area contributed by atoms with E-state index in [1.807, 2.05) is 50.1 Å². The molecular weight excluding hydrogens is 556 g/mol. The van der Waals surface area contributed by atoms with Crippen molar-refractivity contribution in [1.82, 2.24) is 4.90 Å². The van der Waals surface area contributed by atoms with Crippen LogP contribution in [0.25, 0.3) is 0 Å². The molecule has 5 aliphatic rings. The fraction of sp³-hybridized carbons (Fsp3) is 0.647. The molecule has 0 radical (unpaired) electrons. The number of allylic oxidation sites excluding steroid dienone is 4. The van der Waals surface area contributed by atoms with Gasteiger partial charge in [0.1, 0.15) is 11.9 Å². The lowest BCUT2D eigenvalue weighted by atomic mass is 9.44. The van der Waals surface area contributed by atoms with Crippen molar-refractivity contribution < 1.29 is 37.7 Å². The Morgan fingerprint density at radius 2 is 1.91 bits per heavy atom. The number of aliphatic hydroxyl groups is 1. The Bertz CT molecular complexity index is 1350. The second-order valence-corrected chi connectivity index (χ2v) is 13.7. The van der Waals surface area contributed by atoms with Crippen LogP contribution >= 0.6 is 0 Å². The maximum absolute atomic E-state index is 17.6. The molecule has 0 amide bonds. The lowest BCUT2D eigenvalue weighted by Crippen LogP contribution is -2.71. The Morgan fingerprint density at radius 3 is 2.58 bits per heavy atom. The zero-order chi connectivity index (χ0) is 30.9. The quantitative estimate of drug-likeness (QED) is 0.455. The van der Waals surface area contributed by atoms with Crippen molar-refractivity contribution in [2.24, 2.45) is 22.7 Å². The highest BCUT2D eigenvalue weighted by molar-refractivity contribution is 6.01. The van der Waals surface area contributed by atoms with E-state index in [4.69, 9.17) is 14.2 Å². The lowest BCUT2D eigenvalue weighted by Gasteiger charge is -2.63. The van der Waals surface area contributed by atoms with Crippen LogP contribution in [-0.4, -0.2) is 78.2 Å². The van der Waals surface area contributed by atoms with Gasteiger partial charge in [0.25, 0.3) is 0 Å². The number of Topliss-reactive ketones (excluding diaryl/α,β-unsaturated/α-hetero) is 1. The standard InChI is InChI=1S/C34H43F2NO6/c1-6-7-30-42-29-16-23-24-15-26(35)25-14-21(38)12-13-31(25,2)33(24,36)27(39)17-32(23,3)34(29,43-30)28(40)19-37(4)18-20-8-10-22(41-5)11-9-20/h8-14,23-24,26-27,29-30,39H,6-7,15-19H2,1-5H3/t23?,24?,26-,27?,29?,30?,31?,32?,33-,34?/m0/s1. The first-order valence-corrected chi connectivity index (χ1v) is 15.5. The number of benzene rings is 1. The predicted octanol–water partition coefficient (Wildman–Crippen LogP) is 4.91. The Labute approximate surface area is 252 Å². The molecular formula is C34H43F2NO6. The highest BCUT2D eigenvalue weighted by atomic mass is 19.1. The van der Waals surface area contributed by atoms with E-state index in [9.17, 15) is 14.7 Å². The van der Waals surface area contributed by atoms with E-state index in [2.05, 4.69) is 0 Å². The summed E-state index contributed by atoms with van der Waals surface area (Å²) in [5, 5.41) is 11.8. The molecule has 4 aliphatic carbocycles. The van der Waals surface area contributed by atoms with Gasteiger partial charge in [-0.3, -0.25) is 14.5 Å². The largest absolute Gasteiger partial charge is 0.497 e. The van der Waals surface area contributed by atoms with Crippen molar-refractivity contribution in [3.8, 4) is 5.75 Å². The Balaban J connectivity index is 1.34. The minimum Gasteiger partial charge on any atom is -0.497 e. The smallest absolute Gasteiger partial charge is 0.181 e. The number of alkyl halides is 2. The average molecular weight is 600 g/mol. The molecule has 7 nitrogen and oxygen atoms in total. The molecule has 10 atom stereocenters. The summed E-state index contributed by atoms with van der Waals surface area (Å²) >= 11 is 0. The number of aliphatic hydroxyl groups excluding tert-OH is 1. The minimum atomic E-state index is -2.22. The highest BCUT2D eigenvalue weighted by Crippen LogP contribution is 2.72. The summed E-state index contributed by atoms with van der Waals surface area (Å²) in [5.41, 5.74) is -5.01. The van der Waals surface area contributed by atoms with Gasteiger partial charge in [-0.2, -0.15) is 0 Å². The zero-order valence-corrected chi connectivity index (χ0v) is 25.6. The summed E-state index contributed by atoms with van der Waals surface area (Å²) in [7, 11) is 3.48. The van der Waals surface area contributed by atoms with Gasteiger partial charge in [-0.15, -0.1) is 0 Å². The summed E-state index contributed by atoms with van der Waals surface area (Å²) in [5.74, 6) is -1.18. The third-order valence-electron chi connectivity index (χ3n) is 11.4. The van der Waals surface area contributed by atoms with Crippen molar-refractivity contribution in [1.29, 1.82) is 0 Å². The fourth-order valence-electron chi connectivity index (χ4n) is 9.35. The van der Waals surface area contributed by atoms with Crippen molar-refractivity contribution >= 4 is 11.6 Å². The molecule has 234 valence electrons. The first-order chi connectivity index (χ1) is 20.3. The van der Waals surface area contributed by atoms with Gasteiger partial charge < -0.3 is 19.3 Å². The summed E-state index contributed by atoms with van der Waals surface area (Å²) in [6, 6.07) is 7.65. The van der Waals surface area contributed by atoms with E-state index in [1.54, 1.807) is 14.0 Å². The van der Waals surface area contributed by atoms with Crippen molar-refractivity contribution in [2.75, 3.05) is 20.7 Å². The number of fused-ring (bicyclic) bond motifs is 7. The molecule has 8 unspecified atom stereocenters. The number of ether oxygens (including phenoxy) is 3. The maximum atomic E-state index is 17.6. The van der Waals surface area contributed by atoms with Crippen LogP contribution in [-0.2, 0) is 25.6 Å². The SMILES string of the molecule is CCCC1OC2CC3C4C[C@H](F)C5=CC(=O)C=CC5(C)[C@@]4(F)C(O)CC3(C)C2(C(=O)CN(C)Cc2ccc(OC)cc2)O1. The van der Waals surface area contributed by atoms with E-state index < -0.39 is 58.6 Å². The second kappa shape index (κ2) is 10.6. The molecule has 9 heteroatoms. The molecule has 0 bridgehead atoms. The summed E-state index contributed by atoms with van der Waals surface area (Å²) in [6.45, 7) is 6.08. The van der Waals surface area contributed by atoms with E-state index in [0.29, 0.717) is 19.4 Å². The number of hydrogen-bond acceptors (Lipinski definition) is 7. The molecule has 1 aromatic carbocycles. The van der Waals surface area contributed by atoms with Gasteiger partial charge in [0, 0.05) is 23.3 Å². The molecule has 4 fully saturated rings. The van der Waals surface area contributed by atoms with Gasteiger partial charge in [-0.1, -0.05) is 38.5 Å². The van der Waals surface area contributed by atoms with Crippen LogP contribution in [0.4, 0.5) is 8.78 Å². The number of ketones is 2. The maximum Gasteiger partial charge on any atom is 0.181 e. The number of likely N-dealkylation sites (N-methyl/N-ethyl adjacent to an activating group) is 1. The van der Waals surface area contributed by atoms with Crippen LogP contribution in [0, 0.1) is 22.7 Å². The molecule has 1 aromatic rings. The number of halogens is 2. The monoisotopic (exact) mass is 599 g/mol.